The quantitative estimate of drug-likeness (QED) is 0.709. The maximum Gasteiger partial charge on any atom is 0.241 e. The third-order valence-electron chi connectivity index (χ3n) is 2.90. The van der Waals surface area contributed by atoms with E-state index in [1.807, 2.05) is 24.1 Å². The number of rotatable bonds is 1. The van der Waals surface area contributed by atoms with Crippen LogP contribution in [0.15, 0.2) is 18.3 Å². The largest absolute Gasteiger partial charge is 0.361 e. The highest BCUT2D eigenvalue weighted by Crippen LogP contribution is 2.15. The van der Waals surface area contributed by atoms with Crippen LogP contribution in [-0.4, -0.2) is 42.5 Å². The number of nitriles is 1. The number of anilines is 1. The van der Waals surface area contributed by atoms with Gasteiger partial charge in [-0.2, -0.15) is 5.26 Å². The number of nitrogens with zero attached hydrogens (tertiary/aromatic N) is 4. The molecule has 1 aromatic rings. The molecule has 0 saturated carbocycles. The van der Waals surface area contributed by atoms with Crippen molar-refractivity contribution >= 4 is 11.6 Å². The summed E-state index contributed by atoms with van der Waals surface area (Å²) in [7, 11) is 1.82. The molecule has 0 spiro atoms. The zero-order valence-electron chi connectivity index (χ0n) is 9.76. The molecule has 1 amide bonds. The van der Waals surface area contributed by atoms with Gasteiger partial charge in [0.2, 0.25) is 5.91 Å². The number of pyridine rings is 1. The van der Waals surface area contributed by atoms with E-state index in [0.29, 0.717) is 12.2 Å². The maximum atomic E-state index is 11.7. The normalized spacial score (nSPS) is 16.6. The molecule has 1 aliphatic heterocycles. The fraction of sp³-hybridized carbons (Fsp3) is 0.417. The molecule has 88 valence electrons. The van der Waals surface area contributed by atoms with Gasteiger partial charge in [-0.15, -0.1) is 0 Å². The Balaban J connectivity index is 2.15. The number of likely N-dealkylation sites (N-methyl/N-ethyl adjacent to an activating group) is 1. The molecule has 17 heavy (non-hydrogen) atoms. The van der Waals surface area contributed by atoms with Gasteiger partial charge in [0, 0.05) is 20.1 Å². The van der Waals surface area contributed by atoms with Crippen LogP contribution >= 0.6 is 0 Å². The summed E-state index contributed by atoms with van der Waals surface area (Å²) in [6.45, 7) is 2.01. The summed E-state index contributed by atoms with van der Waals surface area (Å²) in [5, 5.41) is 8.67. The van der Waals surface area contributed by atoms with E-state index in [-0.39, 0.29) is 5.91 Å². The van der Waals surface area contributed by atoms with Crippen molar-refractivity contribution in [3.63, 3.8) is 0 Å². The number of carbonyl (C=O) groups excluding carboxylic acids is 1. The number of hydrogen-bond donors (Lipinski definition) is 0. The average molecular weight is 230 g/mol. The Morgan fingerprint density at radius 1 is 1.41 bits per heavy atom. The third kappa shape index (κ3) is 2.53. The smallest absolute Gasteiger partial charge is 0.241 e. The predicted octanol–water partition coefficient (Wildman–Crippen LogP) is 0.622. The van der Waals surface area contributed by atoms with Gasteiger partial charge in [0.05, 0.1) is 18.4 Å². The molecule has 1 fully saturated rings. The summed E-state index contributed by atoms with van der Waals surface area (Å²) in [5.41, 5.74) is 1.29. The fourth-order valence-electron chi connectivity index (χ4n) is 1.85. The first-order valence-corrected chi connectivity index (χ1v) is 5.56. The lowest BCUT2D eigenvalue weighted by atomic mass is 10.3. The van der Waals surface area contributed by atoms with Crippen molar-refractivity contribution in [3.8, 4) is 6.07 Å². The monoisotopic (exact) mass is 230 g/mol. The molecule has 0 atom stereocenters. The van der Waals surface area contributed by atoms with E-state index >= 15 is 0 Å². The van der Waals surface area contributed by atoms with E-state index in [1.165, 1.54) is 0 Å². The lowest BCUT2D eigenvalue weighted by Gasteiger charge is -2.21. The van der Waals surface area contributed by atoms with Crippen molar-refractivity contribution in [2.75, 3.05) is 31.6 Å². The second kappa shape index (κ2) is 4.83. The standard InChI is InChI=1S/C12H14N4O/c1-15-5-2-6-16(9-12(15)17)11-4-3-10(7-13)14-8-11/h3-4,8H,2,5-6,9H2,1H3. The minimum absolute atomic E-state index is 0.117. The van der Waals surface area contributed by atoms with Crippen molar-refractivity contribution in [3.05, 3.63) is 24.0 Å². The van der Waals surface area contributed by atoms with Crippen LogP contribution in [0, 0.1) is 11.3 Å². The Morgan fingerprint density at radius 2 is 2.24 bits per heavy atom. The second-order valence-electron chi connectivity index (χ2n) is 4.10. The fourth-order valence-corrected chi connectivity index (χ4v) is 1.85. The summed E-state index contributed by atoms with van der Waals surface area (Å²) in [6.07, 6.45) is 2.60. The highest BCUT2D eigenvalue weighted by Gasteiger charge is 2.19. The van der Waals surface area contributed by atoms with E-state index in [4.69, 9.17) is 5.26 Å². The Hall–Kier alpha value is -2.09. The highest BCUT2D eigenvalue weighted by atomic mass is 16.2. The molecule has 5 nitrogen and oxygen atoms in total. The topological polar surface area (TPSA) is 60.2 Å². The van der Waals surface area contributed by atoms with Crippen molar-refractivity contribution < 1.29 is 4.79 Å². The van der Waals surface area contributed by atoms with Crippen LogP contribution in [0.1, 0.15) is 12.1 Å². The lowest BCUT2D eigenvalue weighted by Crippen LogP contribution is -2.34. The molecule has 0 aliphatic carbocycles. The molecule has 2 rings (SSSR count). The predicted molar refractivity (Wildman–Crippen MR) is 63.4 cm³/mol. The van der Waals surface area contributed by atoms with Crippen LogP contribution in [-0.2, 0) is 4.79 Å². The van der Waals surface area contributed by atoms with Gasteiger partial charge in [0.15, 0.2) is 0 Å². The summed E-state index contributed by atoms with van der Waals surface area (Å²) < 4.78 is 0. The minimum Gasteiger partial charge on any atom is -0.361 e. The van der Waals surface area contributed by atoms with Crippen LogP contribution in [0.4, 0.5) is 5.69 Å². The number of aromatic nitrogens is 1. The number of carbonyl (C=O) groups is 1. The molecule has 0 bridgehead atoms. The Morgan fingerprint density at radius 3 is 2.88 bits per heavy atom. The van der Waals surface area contributed by atoms with Gasteiger partial charge in [-0.3, -0.25) is 4.79 Å². The molecule has 0 aromatic carbocycles. The van der Waals surface area contributed by atoms with E-state index in [2.05, 4.69) is 4.98 Å². The number of amides is 1. The van der Waals surface area contributed by atoms with Crippen molar-refractivity contribution in [2.45, 2.75) is 6.42 Å². The summed E-state index contributed by atoms with van der Waals surface area (Å²) in [6, 6.07) is 5.49. The Labute approximate surface area is 100 Å². The third-order valence-corrected chi connectivity index (χ3v) is 2.90. The highest BCUT2D eigenvalue weighted by molar-refractivity contribution is 5.81. The molecule has 5 heteroatoms. The average Bonchev–Trinajstić information content (AvgIpc) is 2.52. The van der Waals surface area contributed by atoms with Crippen molar-refractivity contribution in [2.24, 2.45) is 0 Å². The minimum atomic E-state index is 0.117. The molecule has 0 N–H and O–H groups in total. The lowest BCUT2D eigenvalue weighted by molar-refractivity contribution is -0.127. The summed E-state index contributed by atoms with van der Waals surface area (Å²) in [4.78, 5) is 19.5. The van der Waals surface area contributed by atoms with Gasteiger partial charge in [0.25, 0.3) is 0 Å². The SMILES string of the molecule is CN1CCCN(c2ccc(C#N)nc2)CC1=O. The van der Waals surface area contributed by atoms with E-state index in [9.17, 15) is 4.79 Å². The molecular weight excluding hydrogens is 216 g/mol. The molecule has 2 heterocycles. The van der Waals surface area contributed by atoms with Crippen LogP contribution in [0.3, 0.4) is 0 Å². The first-order chi connectivity index (χ1) is 8.20. The summed E-state index contributed by atoms with van der Waals surface area (Å²) >= 11 is 0. The molecule has 1 aliphatic rings. The van der Waals surface area contributed by atoms with Gasteiger partial charge in [0.1, 0.15) is 11.8 Å². The molecule has 0 radical (unpaired) electrons. The first kappa shape index (κ1) is 11.4. The van der Waals surface area contributed by atoms with Gasteiger partial charge in [-0.05, 0) is 18.6 Å². The molecule has 1 aromatic heterocycles. The van der Waals surface area contributed by atoms with Crippen LogP contribution in [0.5, 0.6) is 0 Å². The second-order valence-corrected chi connectivity index (χ2v) is 4.10. The van der Waals surface area contributed by atoms with Gasteiger partial charge in [-0.1, -0.05) is 0 Å². The number of hydrogen-bond acceptors (Lipinski definition) is 4. The molecule has 0 unspecified atom stereocenters. The molecular formula is C12H14N4O. The van der Waals surface area contributed by atoms with Crippen molar-refractivity contribution in [1.82, 2.24) is 9.88 Å². The van der Waals surface area contributed by atoms with E-state index in [1.54, 1.807) is 17.2 Å². The Kier molecular flexibility index (Phi) is 3.24. The van der Waals surface area contributed by atoms with E-state index in [0.717, 1.165) is 25.2 Å². The van der Waals surface area contributed by atoms with Crippen LogP contribution in [0.2, 0.25) is 0 Å². The Bertz CT molecular complexity index is 449. The molecule has 1 saturated heterocycles. The van der Waals surface area contributed by atoms with Crippen LogP contribution < -0.4 is 4.90 Å². The van der Waals surface area contributed by atoms with E-state index < -0.39 is 0 Å². The van der Waals surface area contributed by atoms with Gasteiger partial charge >= 0.3 is 0 Å². The van der Waals surface area contributed by atoms with Crippen molar-refractivity contribution in [1.29, 1.82) is 5.26 Å². The maximum absolute atomic E-state index is 11.7. The zero-order valence-corrected chi connectivity index (χ0v) is 9.76. The van der Waals surface area contributed by atoms with Crippen LogP contribution in [0.25, 0.3) is 0 Å². The van der Waals surface area contributed by atoms with Gasteiger partial charge < -0.3 is 9.80 Å². The first-order valence-electron chi connectivity index (χ1n) is 5.56. The van der Waals surface area contributed by atoms with Gasteiger partial charge in [-0.25, -0.2) is 4.98 Å². The summed E-state index contributed by atoms with van der Waals surface area (Å²) in [5.74, 6) is 0.117. The zero-order chi connectivity index (χ0) is 12.3.